The fraction of sp³-hybridized carbons (Fsp3) is 0.429. The van der Waals surface area contributed by atoms with Crippen LogP contribution in [0, 0.1) is 0 Å². The van der Waals surface area contributed by atoms with Gasteiger partial charge in [0.05, 0.1) is 6.61 Å². The van der Waals surface area contributed by atoms with Crippen molar-refractivity contribution in [2.45, 2.75) is 19.9 Å². The molecule has 0 aromatic heterocycles. The Labute approximate surface area is 123 Å². The highest BCUT2D eigenvalue weighted by atomic mass is 16.5. The van der Waals surface area contributed by atoms with Gasteiger partial charge in [0.15, 0.2) is 6.61 Å². The number of aliphatic carboxylic acids is 1. The number of nitrogens with zero attached hydrogens (tertiary/aromatic N) is 1. The number of carboxylic acids is 1. The molecule has 0 bridgehead atoms. The first-order valence-electron chi connectivity index (χ1n) is 6.57. The largest absolute Gasteiger partial charge is 0.482 e. The van der Waals surface area contributed by atoms with E-state index >= 15 is 0 Å². The number of carboxylic acid groups (broad SMARTS) is 1. The van der Waals surface area contributed by atoms with Crippen LogP contribution in [-0.4, -0.2) is 52.9 Å². The average molecular weight is 296 g/mol. The maximum absolute atomic E-state index is 12.1. The van der Waals surface area contributed by atoms with Gasteiger partial charge in [-0.15, -0.1) is 0 Å². The molecule has 21 heavy (non-hydrogen) atoms. The third kappa shape index (κ3) is 5.70. The maximum atomic E-state index is 12.1. The van der Waals surface area contributed by atoms with Crippen molar-refractivity contribution < 1.29 is 24.5 Å². The highest BCUT2D eigenvalue weighted by molar-refractivity contribution is 5.89. The zero-order valence-corrected chi connectivity index (χ0v) is 12.1. The van der Waals surface area contributed by atoms with Gasteiger partial charge in [0.2, 0.25) is 0 Å². The van der Waals surface area contributed by atoms with Gasteiger partial charge in [-0.25, -0.2) is 9.59 Å². The fourth-order valence-electron chi connectivity index (χ4n) is 1.71. The second-order valence-electron chi connectivity index (χ2n) is 4.65. The van der Waals surface area contributed by atoms with Crippen molar-refractivity contribution >= 4 is 17.7 Å². The molecular weight excluding hydrogens is 276 g/mol. The van der Waals surface area contributed by atoms with Crippen LogP contribution in [0.4, 0.5) is 10.5 Å². The van der Waals surface area contributed by atoms with Crippen LogP contribution in [0.15, 0.2) is 24.3 Å². The Bertz CT molecular complexity index is 490. The van der Waals surface area contributed by atoms with E-state index in [1.807, 2.05) is 13.8 Å². The summed E-state index contributed by atoms with van der Waals surface area (Å²) in [6.07, 6.45) is 0. The molecule has 0 spiro atoms. The van der Waals surface area contributed by atoms with Crippen LogP contribution in [0.1, 0.15) is 13.8 Å². The molecule has 7 heteroatoms. The van der Waals surface area contributed by atoms with Gasteiger partial charge in [0.25, 0.3) is 0 Å². The molecule has 0 saturated carbocycles. The van der Waals surface area contributed by atoms with Gasteiger partial charge in [-0.05, 0) is 26.0 Å². The molecule has 2 amide bonds. The SMILES string of the molecule is CC(C)N(CCO)C(=O)Nc1cccc(OCC(=O)O)c1. The summed E-state index contributed by atoms with van der Waals surface area (Å²) < 4.78 is 5.04. The molecule has 7 nitrogen and oxygen atoms in total. The number of aliphatic hydroxyl groups is 1. The molecule has 0 radical (unpaired) electrons. The number of carbonyl (C=O) groups is 2. The predicted octanol–water partition coefficient (Wildman–Crippen LogP) is 1.38. The molecular formula is C14H20N2O5. The van der Waals surface area contributed by atoms with E-state index in [9.17, 15) is 9.59 Å². The van der Waals surface area contributed by atoms with Crippen molar-refractivity contribution in [3.05, 3.63) is 24.3 Å². The third-order valence-electron chi connectivity index (χ3n) is 2.67. The maximum Gasteiger partial charge on any atom is 0.341 e. The summed E-state index contributed by atoms with van der Waals surface area (Å²) >= 11 is 0. The Hall–Kier alpha value is -2.28. The first kappa shape index (κ1) is 16.8. The number of amides is 2. The van der Waals surface area contributed by atoms with Gasteiger partial charge in [0, 0.05) is 24.3 Å². The lowest BCUT2D eigenvalue weighted by Gasteiger charge is -2.26. The number of hydrogen-bond donors (Lipinski definition) is 3. The number of ether oxygens (including phenoxy) is 1. The molecule has 0 aliphatic heterocycles. The van der Waals surface area contributed by atoms with Crippen LogP contribution in [0.3, 0.4) is 0 Å². The van der Waals surface area contributed by atoms with Crippen LogP contribution >= 0.6 is 0 Å². The standard InChI is InChI=1S/C14H20N2O5/c1-10(2)16(6-7-17)14(20)15-11-4-3-5-12(8-11)21-9-13(18)19/h3-5,8,10,17H,6-7,9H2,1-2H3,(H,15,20)(H,18,19). The Morgan fingerprint density at radius 2 is 2.10 bits per heavy atom. The number of rotatable bonds is 7. The normalized spacial score (nSPS) is 10.3. The highest BCUT2D eigenvalue weighted by Gasteiger charge is 2.16. The van der Waals surface area contributed by atoms with E-state index in [-0.39, 0.29) is 25.2 Å². The van der Waals surface area contributed by atoms with Crippen LogP contribution in [-0.2, 0) is 4.79 Å². The number of aliphatic hydroxyl groups excluding tert-OH is 1. The first-order chi connectivity index (χ1) is 9.93. The molecule has 1 aromatic rings. The molecule has 0 unspecified atom stereocenters. The summed E-state index contributed by atoms with van der Waals surface area (Å²) in [4.78, 5) is 24.0. The molecule has 0 aliphatic rings. The predicted molar refractivity (Wildman–Crippen MR) is 77.5 cm³/mol. The number of anilines is 1. The van der Waals surface area contributed by atoms with Crippen molar-refractivity contribution in [1.29, 1.82) is 0 Å². The molecule has 0 heterocycles. The second kappa shape index (κ2) is 8.11. The minimum absolute atomic E-state index is 0.0522. The van der Waals surface area contributed by atoms with E-state index in [2.05, 4.69) is 5.32 Å². The number of hydrogen-bond acceptors (Lipinski definition) is 4. The highest BCUT2D eigenvalue weighted by Crippen LogP contribution is 2.18. The topological polar surface area (TPSA) is 99.1 Å². The van der Waals surface area contributed by atoms with Crippen molar-refractivity contribution in [2.75, 3.05) is 25.1 Å². The molecule has 3 N–H and O–H groups in total. The first-order valence-corrected chi connectivity index (χ1v) is 6.57. The monoisotopic (exact) mass is 296 g/mol. The Balaban J connectivity index is 2.71. The van der Waals surface area contributed by atoms with E-state index < -0.39 is 12.6 Å². The van der Waals surface area contributed by atoms with E-state index in [1.165, 1.54) is 11.0 Å². The molecule has 0 aliphatic carbocycles. The molecule has 1 aromatic carbocycles. The second-order valence-corrected chi connectivity index (χ2v) is 4.65. The van der Waals surface area contributed by atoms with Crippen molar-refractivity contribution in [3.8, 4) is 5.75 Å². The molecule has 116 valence electrons. The summed E-state index contributed by atoms with van der Waals surface area (Å²) in [5, 5.41) is 20.2. The lowest BCUT2D eigenvalue weighted by molar-refractivity contribution is -0.139. The number of nitrogens with one attached hydrogen (secondary N) is 1. The fourth-order valence-corrected chi connectivity index (χ4v) is 1.71. The van der Waals surface area contributed by atoms with Gasteiger partial charge in [-0.2, -0.15) is 0 Å². The van der Waals surface area contributed by atoms with Gasteiger partial charge in [0.1, 0.15) is 5.75 Å². The molecule has 0 fully saturated rings. The van der Waals surface area contributed by atoms with Gasteiger partial charge in [-0.1, -0.05) is 6.07 Å². The summed E-state index contributed by atoms with van der Waals surface area (Å²) in [7, 11) is 0. The summed E-state index contributed by atoms with van der Waals surface area (Å²) in [5.41, 5.74) is 0.492. The van der Waals surface area contributed by atoms with Crippen LogP contribution in [0.2, 0.25) is 0 Å². The summed E-state index contributed by atoms with van der Waals surface area (Å²) in [5.74, 6) is -0.716. The molecule has 0 saturated heterocycles. The molecule has 1 rings (SSSR count). The number of urea groups is 1. The van der Waals surface area contributed by atoms with Crippen LogP contribution in [0.25, 0.3) is 0 Å². The quantitative estimate of drug-likeness (QED) is 0.706. The minimum Gasteiger partial charge on any atom is -0.482 e. The number of benzene rings is 1. The van der Waals surface area contributed by atoms with Gasteiger partial charge in [-0.3, -0.25) is 0 Å². The third-order valence-corrected chi connectivity index (χ3v) is 2.67. The Kier molecular flexibility index (Phi) is 6.48. The average Bonchev–Trinajstić information content (AvgIpc) is 2.42. The summed E-state index contributed by atoms with van der Waals surface area (Å²) in [6.45, 7) is 3.37. The Morgan fingerprint density at radius 3 is 2.67 bits per heavy atom. The number of carbonyl (C=O) groups excluding carboxylic acids is 1. The van der Waals surface area contributed by atoms with Gasteiger partial charge >= 0.3 is 12.0 Å². The lowest BCUT2D eigenvalue weighted by atomic mass is 10.3. The smallest absolute Gasteiger partial charge is 0.341 e. The van der Waals surface area contributed by atoms with E-state index in [4.69, 9.17) is 14.9 Å². The van der Waals surface area contributed by atoms with Crippen LogP contribution < -0.4 is 10.1 Å². The van der Waals surface area contributed by atoms with Crippen LogP contribution in [0.5, 0.6) is 5.75 Å². The van der Waals surface area contributed by atoms with E-state index in [0.29, 0.717) is 11.4 Å². The van der Waals surface area contributed by atoms with Crippen molar-refractivity contribution in [1.82, 2.24) is 4.90 Å². The lowest BCUT2D eigenvalue weighted by Crippen LogP contribution is -2.41. The zero-order chi connectivity index (χ0) is 15.8. The minimum atomic E-state index is -1.07. The van der Waals surface area contributed by atoms with Crippen molar-refractivity contribution in [3.63, 3.8) is 0 Å². The Morgan fingerprint density at radius 1 is 1.38 bits per heavy atom. The molecule has 0 atom stereocenters. The summed E-state index contributed by atoms with van der Waals surface area (Å²) in [6, 6.07) is 6.07. The van der Waals surface area contributed by atoms with E-state index in [0.717, 1.165) is 0 Å². The zero-order valence-electron chi connectivity index (χ0n) is 12.1. The van der Waals surface area contributed by atoms with Crippen molar-refractivity contribution in [2.24, 2.45) is 0 Å². The van der Waals surface area contributed by atoms with E-state index in [1.54, 1.807) is 18.2 Å². The van der Waals surface area contributed by atoms with Gasteiger partial charge < -0.3 is 25.2 Å².